The Balaban J connectivity index is 1.87. The van der Waals surface area contributed by atoms with Crippen molar-refractivity contribution in [2.45, 2.75) is 20.4 Å². The summed E-state index contributed by atoms with van der Waals surface area (Å²) in [4.78, 5) is 6.87. The van der Waals surface area contributed by atoms with Gasteiger partial charge in [-0.1, -0.05) is 0 Å². The molecule has 3 aromatic rings. The Bertz CT molecular complexity index is 683. The molecule has 1 N–H and O–H groups in total. The molecular formula is C13H14N4S. The van der Waals surface area contributed by atoms with E-state index in [2.05, 4.69) is 47.4 Å². The van der Waals surface area contributed by atoms with Crippen LogP contribution in [0, 0.1) is 13.8 Å². The summed E-state index contributed by atoms with van der Waals surface area (Å²) in [6, 6.07) is 8.40. The second-order valence-corrected chi connectivity index (χ2v) is 5.69. The molecule has 0 spiro atoms. The average molecular weight is 258 g/mol. The maximum absolute atomic E-state index is 4.22. The first-order valence-electron chi connectivity index (χ1n) is 5.82. The Morgan fingerprint density at radius 1 is 1.28 bits per heavy atom. The van der Waals surface area contributed by atoms with Gasteiger partial charge in [-0.2, -0.15) is 9.61 Å². The van der Waals surface area contributed by atoms with Crippen LogP contribution in [0.1, 0.15) is 15.3 Å². The molecule has 0 aliphatic heterocycles. The summed E-state index contributed by atoms with van der Waals surface area (Å²) >= 11 is 1.81. The summed E-state index contributed by atoms with van der Waals surface area (Å²) in [7, 11) is 0. The number of aryl methyl sites for hydroxylation is 2. The molecule has 0 bridgehead atoms. The highest BCUT2D eigenvalue weighted by atomic mass is 32.1. The Kier molecular flexibility index (Phi) is 2.76. The second kappa shape index (κ2) is 4.42. The van der Waals surface area contributed by atoms with Crippen molar-refractivity contribution >= 4 is 22.8 Å². The zero-order valence-electron chi connectivity index (χ0n) is 10.3. The SMILES string of the molecule is Cc1cc(NCc2ccc(C)s2)n2ncnc2c1. The van der Waals surface area contributed by atoms with Gasteiger partial charge in [0.05, 0.1) is 6.54 Å². The molecule has 0 aliphatic carbocycles. The van der Waals surface area contributed by atoms with Gasteiger partial charge in [0.15, 0.2) is 5.65 Å². The number of hydrogen-bond acceptors (Lipinski definition) is 4. The summed E-state index contributed by atoms with van der Waals surface area (Å²) in [6.07, 6.45) is 1.58. The number of nitrogens with zero attached hydrogens (tertiary/aromatic N) is 3. The van der Waals surface area contributed by atoms with Gasteiger partial charge in [0.2, 0.25) is 0 Å². The third kappa shape index (κ3) is 2.09. The monoisotopic (exact) mass is 258 g/mol. The molecule has 4 nitrogen and oxygen atoms in total. The van der Waals surface area contributed by atoms with E-state index < -0.39 is 0 Å². The van der Waals surface area contributed by atoms with Crippen molar-refractivity contribution in [1.82, 2.24) is 14.6 Å². The number of hydrogen-bond donors (Lipinski definition) is 1. The van der Waals surface area contributed by atoms with E-state index in [-0.39, 0.29) is 0 Å². The molecular weight excluding hydrogens is 244 g/mol. The van der Waals surface area contributed by atoms with Crippen molar-refractivity contribution in [1.29, 1.82) is 0 Å². The second-order valence-electron chi connectivity index (χ2n) is 4.31. The van der Waals surface area contributed by atoms with Gasteiger partial charge < -0.3 is 5.32 Å². The van der Waals surface area contributed by atoms with E-state index >= 15 is 0 Å². The number of rotatable bonds is 3. The third-order valence-electron chi connectivity index (χ3n) is 2.76. The van der Waals surface area contributed by atoms with Gasteiger partial charge in [0.25, 0.3) is 0 Å². The lowest BCUT2D eigenvalue weighted by atomic mass is 10.3. The smallest absolute Gasteiger partial charge is 0.157 e. The Morgan fingerprint density at radius 3 is 2.94 bits per heavy atom. The van der Waals surface area contributed by atoms with Crippen LogP contribution in [0.5, 0.6) is 0 Å². The Hall–Kier alpha value is -1.88. The first kappa shape index (κ1) is 11.2. The van der Waals surface area contributed by atoms with Crippen molar-refractivity contribution in [3.05, 3.63) is 45.9 Å². The molecule has 0 radical (unpaired) electrons. The number of pyridine rings is 1. The van der Waals surface area contributed by atoms with Gasteiger partial charge in [-0.25, -0.2) is 4.98 Å². The minimum absolute atomic E-state index is 0.816. The lowest BCUT2D eigenvalue weighted by Gasteiger charge is -2.07. The summed E-state index contributed by atoms with van der Waals surface area (Å²) in [6.45, 7) is 5.00. The first-order chi connectivity index (χ1) is 8.72. The molecule has 92 valence electrons. The van der Waals surface area contributed by atoms with Crippen LogP contribution in [0.3, 0.4) is 0 Å². The van der Waals surface area contributed by atoms with E-state index in [0.29, 0.717) is 0 Å². The van der Waals surface area contributed by atoms with Crippen molar-refractivity contribution in [3.63, 3.8) is 0 Å². The average Bonchev–Trinajstić information content (AvgIpc) is 2.94. The van der Waals surface area contributed by atoms with Crippen molar-refractivity contribution in [2.24, 2.45) is 0 Å². The van der Waals surface area contributed by atoms with E-state index in [1.807, 2.05) is 21.9 Å². The van der Waals surface area contributed by atoms with Crippen LogP contribution in [-0.4, -0.2) is 14.6 Å². The fraction of sp³-hybridized carbons (Fsp3) is 0.231. The molecule has 0 atom stereocenters. The largest absolute Gasteiger partial charge is 0.365 e. The van der Waals surface area contributed by atoms with Gasteiger partial charge in [0, 0.05) is 9.75 Å². The zero-order valence-corrected chi connectivity index (χ0v) is 11.2. The summed E-state index contributed by atoms with van der Waals surface area (Å²) in [5.74, 6) is 0.980. The molecule has 5 heteroatoms. The quantitative estimate of drug-likeness (QED) is 0.785. The van der Waals surface area contributed by atoms with Gasteiger partial charge in [-0.3, -0.25) is 0 Å². The van der Waals surface area contributed by atoms with Crippen LogP contribution < -0.4 is 5.32 Å². The van der Waals surface area contributed by atoms with Crippen LogP contribution in [0.2, 0.25) is 0 Å². The van der Waals surface area contributed by atoms with Gasteiger partial charge in [0.1, 0.15) is 12.1 Å². The predicted octanol–water partition coefficient (Wildman–Crippen LogP) is 3.02. The van der Waals surface area contributed by atoms with Gasteiger partial charge in [-0.15, -0.1) is 11.3 Å². The number of fused-ring (bicyclic) bond motifs is 1. The summed E-state index contributed by atoms with van der Waals surface area (Å²) in [5.41, 5.74) is 2.06. The molecule has 3 rings (SSSR count). The maximum atomic E-state index is 4.22. The molecule has 0 aliphatic rings. The van der Waals surface area contributed by atoms with Crippen LogP contribution in [0.4, 0.5) is 5.82 Å². The number of nitrogens with one attached hydrogen (secondary N) is 1. The number of aromatic nitrogens is 3. The predicted molar refractivity (Wildman–Crippen MR) is 74.1 cm³/mol. The molecule has 3 aromatic heterocycles. The summed E-state index contributed by atoms with van der Waals surface area (Å²) < 4.78 is 1.83. The fourth-order valence-electron chi connectivity index (χ4n) is 1.94. The molecule has 18 heavy (non-hydrogen) atoms. The normalized spacial score (nSPS) is 11.0. The van der Waals surface area contributed by atoms with Gasteiger partial charge in [-0.05, 0) is 43.7 Å². The number of anilines is 1. The van der Waals surface area contributed by atoms with Crippen LogP contribution in [0.25, 0.3) is 5.65 Å². The Morgan fingerprint density at radius 2 is 2.17 bits per heavy atom. The van der Waals surface area contributed by atoms with Crippen molar-refractivity contribution in [3.8, 4) is 0 Å². The highest BCUT2D eigenvalue weighted by Gasteiger charge is 2.04. The van der Waals surface area contributed by atoms with Crippen LogP contribution in [-0.2, 0) is 6.54 Å². The molecule has 0 fully saturated rings. The molecule has 0 aromatic carbocycles. The van der Waals surface area contributed by atoms with Gasteiger partial charge >= 0.3 is 0 Å². The van der Waals surface area contributed by atoms with E-state index in [1.54, 1.807) is 6.33 Å². The lowest BCUT2D eigenvalue weighted by molar-refractivity contribution is 0.944. The maximum Gasteiger partial charge on any atom is 0.157 e. The van der Waals surface area contributed by atoms with E-state index in [0.717, 1.165) is 18.0 Å². The van der Waals surface area contributed by atoms with E-state index in [9.17, 15) is 0 Å². The third-order valence-corrected chi connectivity index (χ3v) is 3.76. The van der Waals surface area contributed by atoms with Crippen LogP contribution in [0.15, 0.2) is 30.6 Å². The van der Waals surface area contributed by atoms with E-state index in [4.69, 9.17) is 0 Å². The van der Waals surface area contributed by atoms with Crippen molar-refractivity contribution < 1.29 is 0 Å². The minimum atomic E-state index is 0.816. The van der Waals surface area contributed by atoms with E-state index in [1.165, 1.54) is 15.3 Å². The number of thiophene rings is 1. The van der Waals surface area contributed by atoms with Crippen LogP contribution >= 0.6 is 11.3 Å². The first-order valence-corrected chi connectivity index (χ1v) is 6.63. The molecule has 0 unspecified atom stereocenters. The molecule has 0 saturated heterocycles. The zero-order chi connectivity index (χ0) is 12.5. The minimum Gasteiger partial charge on any atom is -0.365 e. The van der Waals surface area contributed by atoms with Crippen molar-refractivity contribution in [2.75, 3.05) is 5.32 Å². The highest BCUT2D eigenvalue weighted by Crippen LogP contribution is 2.18. The molecule has 3 heterocycles. The summed E-state index contributed by atoms with van der Waals surface area (Å²) in [5, 5.41) is 7.64. The highest BCUT2D eigenvalue weighted by molar-refractivity contribution is 7.11. The molecule has 0 saturated carbocycles. The fourth-order valence-corrected chi connectivity index (χ4v) is 2.77. The topological polar surface area (TPSA) is 42.2 Å². The lowest BCUT2D eigenvalue weighted by Crippen LogP contribution is -2.04. The standard InChI is InChI=1S/C13H14N4S/c1-9-5-12(17-13(6-9)15-8-16-17)14-7-11-4-3-10(2)18-11/h3-6,8,14H,7H2,1-2H3. The molecule has 0 amide bonds. The Labute approximate surface area is 109 Å².